The number of hydrogen-bond donors (Lipinski definition) is 1. The highest BCUT2D eigenvalue weighted by Gasteiger charge is 2.46. The first-order valence-electron chi connectivity index (χ1n) is 4.84. The van der Waals surface area contributed by atoms with Crippen LogP contribution < -0.4 is 5.32 Å². The molecule has 68 valence electrons. The van der Waals surface area contributed by atoms with Gasteiger partial charge in [-0.2, -0.15) is 0 Å². The first-order chi connectivity index (χ1) is 6.30. The van der Waals surface area contributed by atoms with Crippen LogP contribution in [0.2, 0.25) is 0 Å². The fourth-order valence-corrected chi connectivity index (χ4v) is 2.31. The summed E-state index contributed by atoms with van der Waals surface area (Å²) in [6, 6.07) is 5.21. The Morgan fingerprint density at radius 1 is 1.31 bits per heavy atom. The van der Waals surface area contributed by atoms with Crippen molar-refractivity contribution < 1.29 is 4.39 Å². The normalized spacial score (nSPS) is 22.8. The zero-order chi connectivity index (χ0) is 8.89. The second-order valence-corrected chi connectivity index (χ2v) is 4.06. The zero-order valence-corrected chi connectivity index (χ0v) is 7.44. The van der Waals surface area contributed by atoms with Gasteiger partial charge in [-0.3, -0.25) is 0 Å². The van der Waals surface area contributed by atoms with Gasteiger partial charge in [0.2, 0.25) is 0 Å². The summed E-state index contributed by atoms with van der Waals surface area (Å²) in [5.74, 6) is -0.103. The van der Waals surface area contributed by atoms with Crippen LogP contribution in [0.5, 0.6) is 0 Å². The van der Waals surface area contributed by atoms with Crippen LogP contribution in [0.25, 0.3) is 0 Å². The van der Waals surface area contributed by atoms with E-state index in [1.807, 2.05) is 6.07 Å². The van der Waals surface area contributed by atoms with Crippen LogP contribution in [0.15, 0.2) is 18.2 Å². The third-order valence-electron chi connectivity index (χ3n) is 3.20. The van der Waals surface area contributed by atoms with Gasteiger partial charge in [-0.15, -0.1) is 0 Å². The minimum absolute atomic E-state index is 0.103. The Bertz CT molecular complexity index is 355. The molecule has 1 aliphatic heterocycles. The van der Waals surface area contributed by atoms with E-state index in [1.165, 1.54) is 24.0 Å². The molecule has 1 spiro atoms. The Morgan fingerprint density at radius 3 is 2.92 bits per heavy atom. The molecule has 0 unspecified atom stereocenters. The molecule has 3 rings (SSSR count). The maximum Gasteiger partial charge on any atom is 0.123 e. The van der Waals surface area contributed by atoms with Crippen molar-refractivity contribution in [1.29, 1.82) is 0 Å². The first kappa shape index (κ1) is 7.51. The molecule has 0 aromatic heterocycles. The number of hydrogen-bond acceptors (Lipinski definition) is 1. The lowest BCUT2D eigenvalue weighted by atomic mass is 9.92. The summed E-state index contributed by atoms with van der Waals surface area (Å²) < 4.78 is 13.0. The maximum atomic E-state index is 13.0. The molecule has 1 aromatic carbocycles. The van der Waals surface area contributed by atoms with Gasteiger partial charge in [-0.1, -0.05) is 6.07 Å². The molecule has 0 bridgehead atoms. The molecule has 1 aromatic rings. The van der Waals surface area contributed by atoms with Crippen LogP contribution in [0.1, 0.15) is 24.0 Å². The minimum atomic E-state index is -0.103. The Balaban J connectivity index is 2.16. The number of benzene rings is 1. The Morgan fingerprint density at radius 2 is 2.15 bits per heavy atom. The molecule has 0 amide bonds. The second-order valence-electron chi connectivity index (χ2n) is 4.06. The molecule has 13 heavy (non-hydrogen) atoms. The second kappa shape index (κ2) is 2.32. The molecule has 1 fully saturated rings. The summed E-state index contributed by atoms with van der Waals surface area (Å²) in [7, 11) is 0. The van der Waals surface area contributed by atoms with E-state index in [0.29, 0.717) is 0 Å². The van der Waals surface area contributed by atoms with Gasteiger partial charge in [0.15, 0.2) is 0 Å². The average molecular weight is 177 g/mol. The smallest absolute Gasteiger partial charge is 0.123 e. The molecule has 1 saturated carbocycles. The fraction of sp³-hybridized carbons (Fsp3) is 0.455. The van der Waals surface area contributed by atoms with Gasteiger partial charge in [0.25, 0.3) is 0 Å². The number of fused-ring (bicyclic) bond motifs is 2. The van der Waals surface area contributed by atoms with E-state index in [1.54, 1.807) is 12.1 Å². The minimum Gasteiger partial charge on any atom is -0.307 e. The molecule has 1 N–H and O–H groups in total. The summed E-state index contributed by atoms with van der Waals surface area (Å²) in [6.07, 6.45) is 3.38. The Labute approximate surface area is 77.0 Å². The SMILES string of the molecule is Fc1ccc2c(c1)C1(CC1)NCC2. The molecule has 0 radical (unpaired) electrons. The van der Waals surface area contributed by atoms with Crippen molar-refractivity contribution in [2.45, 2.75) is 24.8 Å². The van der Waals surface area contributed by atoms with Crippen LogP contribution in [-0.2, 0) is 12.0 Å². The van der Waals surface area contributed by atoms with Gasteiger partial charge in [0, 0.05) is 12.1 Å². The number of rotatable bonds is 0. The molecule has 1 aliphatic carbocycles. The van der Waals surface area contributed by atoms with Crippen LogP contribution in [-0.4, -0.2) is 6.54 Å². The molecule has 0 atom stereocenters. The lowest BCUT2D eigenvalue weighted by molar-refractivity contribution is 0.484. The number of nitrogens with one attached hydrogen (secondary N) is 1. The van der Waals surface area contributed by atoms with E-state index in [-0.39, 0.29) is 11.4 Å². The van der Waals surface area contributed by atoms with Crippen molar-refractivity contribution in [3.63, 3.8) is 0 Å². The first-order valence-corrected chi connectivity index (χ1v) is 4.84. The van der Waals surface area contributed by atoms with E-state index < -0.39 is 0 Å². The monoisotopic (exact) mass is 177 g/mol. The fourth-order valence-electron chi connectivity index (χ4n) is 2.31. The van der Waals surface area contributed by atoms with Crippen LogP contribution in [0.3, 0.4) is 0 Å². The van der Waals surface area contributed by atoms with Crippen molar-refractivity contribution in [2.24, 2.45) is 0 Å². The van der Waals surface area contributed by atoms with Crippen molar-refractivity contribution >= 4 is 0 Å². The molecular weight excluding hydrogens is 165 g/mol. The standard InChI is InChI=1S/C11H12FN/c12-9-2-1-8-3-6-13-11(4-5-11)10(8)7-9/h1-2,7,13H,3-6H2. The van der Waals surface area contributed by atoms with Crippen LogP contribution in [0, 0.1) is 5.82 Å². The third kappa shape index (κ3) is 1.02. The predicted octanol–water partition coefficient (Wildman–Crippen LogP) is 1.96. The summed E-state index contributed by atoms with van der Waals surface area (Å²) in [5, 5.41) is 3.49. The van der Waals surface area contributed by atoms with E-state index >= 15 is 0 Å². The van der Waals surface area contributed by atoms with Crippen molar-refractivity contribution in [3.05, 3.63) is 35.1 Å². The molecule has 1 heterocycles. The maximum absolute atomic E-state index is 13.0. The van der Waals surface area contributed by atoms with E-state index in [0.717, 1.165) is 13.0 Å². The summed E-state index contributed by atoms with van der Waals surface area (Å²) in [6.45, 7) is 1.04. The van der Waals surface area contributed by atoms with Crippen molar-refractivity contribution in [2.75, 3.05) is 6.54 Å². The van der Waals surface area contributed by atoms with Gasteiger partial charge < -0.3 is 5.32 Å². The van der Waals surface area contributed by atoms with E-state index in [9.17, 15) is 4.39 Å². The molecule has 2 aliphatic rings. The average Bonchev–Trinajstić information content (AvgIpc) is 2.88. The lowest BCUT2D eigenvalue weighted by Gasteiger charge is -2.26. The van der Waals surface area contributed by atoms with Gasteiger partial charge >= 0.3 is 0 Å². The van der Waals surface area contributed by atoms with Crippen molar-refractivity contribution in [1.82, 2.24) is 5.32 Å². The van der Waals surface area contributed by atoms with Crippen LogP contribution >= 0.6 is 0 Å². The Kier molecular flexibility index (Phi) is 1.34. The lowest BCUT2D eigenvalue weighted by Crippen LogP contribution is -2.36. The molecule has 2 heteroatoms. The van der Waals surface area contributed by atoms with Gasteiger partial charge in [0.1, 0.15) is 5.82 Å². The third-order valence-corrected chi connectivity index (χ3v) is 3.20. The molecular formula is C11H12FN. The quantitative estimate of drug-likeness (QED) is 0.638. The highest BCUT2D eigenvalue weighted by atomic mass is 19.1. The van der Waals surface area contributed by atoms with Crippen LogP contribution in [0.4, 0.5) is 4.39 Å². The largest absolute Gasteiger partial charge is 0.307 e. The van der Waals surface area contributed by atoms with Gasteiger partial charge in [0.05, 0.1) is 0 Å². The zero-order valence-electron chi connectivity index (χ0n) is 7.44. The summed E-state index contributed by atoms with van der Waals surface area (Å²) in [5.41, 5.74) is 2.70. The van der Waals surface area contributed by atoms with Gasteiger partial charge in [-0.25, -0.2) is 4.39 Å². The summed E-state index contributed by atoms with van der Waals surface area (Å²) in [4.78, 5) is 0. The Hall–Kier alpha value is -0.890. The highest BCUT2D eigenvalue weighted by Crippen LogP contribution is 2.48. The van der Waals surface area contributed by atoms with Gasteiger partial charge in [-0.05, 0) is 42.5 Å². The van der Waals surface area contributed by atoms with E-state index in [4.69, 9.17) is 0 Å². The molecule has 0 saturated heterocycles. The highest BCUT2D eigenvalue weighted by molar-refractivity contribution is 5.40. The topological polar surface area (TPSA) is 12.0 Å². The van der Waals surface area contributed by atoms with Crippen molar-refractivity contribution in [3.8, 4) is 0 Å². The predicted molar refractivity (Wildman–Crippen MR) is 49.0 cm³/mol. The number of halogens is 1. The molecule has 1 nitrogen and oxygen atoms in total. The summed E-state index contributed by atoms with van der Waals surface area (Å²) >= 11 is 0. The van der Waals surface area contributed by atoms with E-state index in [2.05, 4.69) is 5.32 Å².